The van der Waals surface area contributed by atoms with E-state index in [1.807, 2.05) is 19.1 Å². The van der Waals surface area contributed by atoms with Crippen molar-refractivity contribution in [2.24, 2.45) is 0 Å². The van der Waals surface area contributed by atoms with Crippen LogP contribution in [0.2, 0.25) is 0 Å². The molecule has 0 spiro atoms. The minimum Gasteiger partial charge on any atom is -0.497 e. The van der Waals surface area contributed by atoms with Gasteiger partial charge in [-0.15, -0.1) is 11.3 Å². The second-order valence-electron chi connectivity index (χ2n) is 4.24. The van der Waals surface area contributed by atoms with E-state index in [9.17, 15) is 0 Å². The molecule has 18 heavy (non-hydrogen) atoms. The molecule has 96 valence electrons. The Balaban J connectivity index is 1.96. The van der Waals surface area contributed by atoms with Crippen LogP contribution in [0.25, 0.3) is 0 Å². The van der Waals surface area contributed by atoms with Crippen LogP contribution >= 0.6 is 11.3 Å². The van der Waals surface area contributed by atoms with E-state index in [2.05, 4.69) is 27.3 Å². The van der Waals surface area contributed by atoms with Gasteiger partial charge < -0.3 is 4.74 Å². The molecule has 0 aliphatic carbocycles. The van der Waals surface area contributed by atoms with Crippen molar-refractivity contribution in [2.75, 3.05) is 14.2 Å². The maximum absolute atomic E-state index is 5.19. The molecule has 2 heterocycles. The number of methoxy groups -OCH3 is 1. The zero-order chi connectivity index (χ0) is 13.0. The van der Waals surface area contributed by atoms with Crippen LogP contribution in [0.4, 0.5) is 0 Å². The summed E-state index contributed by atoms with van der Waals surface area (Å²) in [5, 5.41) is 3.21. The van der Waals surface area contributed by atoms with Gasteiger partial charge in [-0.2, -0.15) is 0 Å². The molecule has 0 saturated carbocycles. The number of ether oxygens (including phenoxy) is 1. The molecule has 4 nitrogen and oxygen atoms in total. The number of aryl methyl sites for hydroxylation is 1. The van der Waals surface area contributed by atoms with Crippen LogP contribution in [-0.4, -0.2) is 29.0 Å². The van der Waals surface area contributed by atoms with Crippen molar-refractivity contribution in [1.29, 1.82) is 0 Å². The van der Waals surface area contributed by atoms with Crippen molar-refractivity contribution >= 4 is 11.3 Å². The number of nitrogens with zero attached hydrogens (tertiary/aromatic N) is 3. The Kier molecular flexibility index (Phi) is 4.28. The monoisotopic (exact) mass is 263 g/mol. The van der Waals surface area contributed by atoms with Crippen LogP contribution in [0.3, 0.4) is 0 Å². The van der Waals surface area contributed by atoms with E-state index in [1.165, 1.54) is 0 Å². The van der Waals surface area contributed by atoms with Crippen LogP contribution in [0.1, 0.15) is 16.4 Å². The summed E-state index contributed by atoms with van der Waals surface area (Å²) in [6.45, 7) is 3.65. The Morgan fingerprint density at radius 3 is 2.89 bits per heavy atom. The number of hydrogen-bond donors (Lipinski definition) is 0. The molecule has 0 saturated heterocycles. The van der Waals surface area contributed by atoms with Crippen LogP contribution < -0.4 is 4.74 Å². The predicted octanol–water partition coefficient (Wildman–Crippen LogP) is 2.49. The molecule has 0 amide bonds. The van der Waals surface area contributed by atoms with Gasteiger partial charge in [0.25, 0.3) is 0 Å². The standard InChI is InChI=1S/C13H17N3OS/c1-10-9-18-13(15-10)8-16(2)7-11-6-12(17-3)4-5-14-11/h4-6,9H,7-8H2,1-3H3. The highest BCUT2D eigenvalue weighted by atomic mass is 32.1. The van der Waals surface area contributed by atoms with E-state index < -0.39 is 0 Å². The fourth-order valence-corrected chi connectivity index (χ4v) is 2.56. The lowest BCUT2D eigenvalue weighted by Crippen LogP contribution is -2.17. The quantitative estimate of drug-likeness (QED) is 0.830. The van der Waals surface area contributed by atoms with E-state index >= 15 is 0 Å². The van der Waals surface area contributed by atoms with Crippen molar-refractivity contribution in [3.63, 3.8) is 0 Å². The third-order valence-electron chi connectivity index (χ3n) is 2.53. The van der Waals surface area contributed by atoms with Gasteiger partial charge in [-0.1, -0.05) is 0 Å². The Labute approximate surface area is 111 Å². The summed E-state index contributed by atoms with van der Waals surface area (Å²) in [4.78, 5) is 11.0. The lowest BCUT2D eigenvalue weighted by atomic mass is 10.3. The van der Waals surface area contributed by atoms with Gasteiger partial charge in [0.2, 0.25) is 0 Å². The lowest BCUT2D eigenvalue weighted by Gasteiger charge is -2.14. The van der Waals surface area contributed by atoms with E-state index in [-0.39, 0.29) is 0 Å². The molecule has 0 atom stereocenters. The maximum Gasteiger partial charge on any atom is 0.122 e. The smallest absolute Gasteiger partial charge is 0.122 e. The molecule has 0 unspecified atom stereocenters. The average Bonchev–Trinajstić information content (AvgIpc) is 2.74. The van der Waals surface area contributed by atoms with Gasteiger partial charge in [0.15, 0.2) is 0 Å². The molecule has 5 heteroatoms. The summed E-state index contributed by atoms with van der Waals surface area (Å²) >= 11 is 1.70. The molecule has 2 rings (SSSR count). The molecule has 2 aromatic rings. The number of rotatable bonds is 5. The fourth-order valence-electron chi connectivity index (χ4n) is 1.71. The first kappa shape index (κ1) is 13.0. The largest absolute Gasteiger partial charge is 0.497 e. The predicted molar refractivity (Wildman–Crippen MR) is 72.8 cm³/mol. The Morgan fingerprint density at radius 1 is 1.39 bits per heavy atom. The zero-order valence-electron chi connectivity index (χ0n) is 10.9. The normalized spacial score (nSPS) is 10.9. The van der Waals surface area contributed by atoms with Crippen LogP contribution in [0.15, 0.2) is 23.7 Å². The number of pyridine rings is 1. The summed E-state index contributed by atoms with van der Waals surface area (Å²) in [5.41, 5.74) is 2.09. The van der Waals surface area contributed by atoms with Crippen molar-refractivity contribution in [2.45, 2.75) is 20.0 Å². The molecule has 2 aromatic heterocycles. The highest BCUT2D eigenvalue weighted by Crippen LogP contribution is 2.14. The van der Waals surface area contributed by atoms with Gasteiger partial charge in [-0.25, -0.2) is 4.98 Å². The summed E-state index contributed by atoms with van der Waals surface area (Å²) in [7, 11) is 3.74. The number of aromatic nitrogens is 2. The minimum absolute atomic E-state index is 0.788. The van der Waals surface area contributed by atoms with Crippen LogP contribution in [0.5, 0.6) is 5.75 Å². The molecule has 0 aliphatic rings. The highest BCUT2D eigenvalue weighted by molar-refractivity contribution is 7.09. The molecular formula is C13H17N3OS. The van der Waals surface area contributed by atoms with Gasteiger partial charge in [0.05, 0.1) is 19.3 Å². The van der Waals surface area contributed by atoms with Gasteiger partial charge in [0.1, 0.15) is 10.8 Å². The van der Waals surface area contributed by atoms with E-state index in [4.69, 9.17) is 4.74 Å². The first-order valence-corrected chi connectivity index (χ1v) is 6.64. The Hall–Kier alpha value is -1.46. The Morgan fingerprint density at radius 2 is 2.22 bits per heavy atom. The molecule has 0 fully saturated rings. The van der Waals surface area contributed by atoms with Gasteiger partial charge in [-0.05, 0) is 20.0 Å². The maximum atomic E-state index is 5.19. The lowest BCUT2D eigenvalue weighted by molar-refractivity contribution is 0.313. The van der Waals surface area contributed by atoms with Gasteiger partial charge in [0, 0.05) is 29.9 Å². The number of thiazole rings is 1. The summed E-state index contributed by atoms with van der Waals surface area (Å²) in [6.07, 6.45) is 1.77. The van der Waals surface area contributed by atoms with E-state index in [1.54, 1.807) is 24.6 Å². The SMILES string of the molecule is COc1ccnc(CN(C)Cc2nc(C)cs2)c1. The highest BCUT2D eigenvalue weighted by Gasteiger charge is 2.06. The van der Waals surface area contributed by atoms with Crippen molar-refractivity contribution in [1.82, 2.24) is 14.9 Å². The van der Waals surface area contributed by atoms with Crippen molar-refractivity contribution in [3.8, 4) is 5.75 Å². The molecule has 0 bridgehead atoms. The van der Waals surface area contributed by atoms with Crippen LogP contribution in [0, 0.1) is 6.92 Å². The molecule has 0 aromatic carbocycles. The fraction of sp³-hybridized carbons (Fsp3) is 0.385. The molecule has 0 aliphatic heterocycles. The molecule has 0 N–H and O–H groups in total. The summed E-state index contributed by atoms with van der Waals surface area (Å²) in [6, 6.07) is 3.82. The number of hydrogen-bond acceptors (Lipinski definition) is 5. The zero-order valence-corrected chi connectivity index (χ0v) is 11.7. The molecular weight excluding hydrogens is 246 g/mol. The minimum atomic E-state index is 0.788. The second-order valence-corrected chi connectivity index (χ2v) is 5.18. The van der Waals surface area contributed by atoms with Crippen molar-refractivity contribution in [3.05, 3.63) is 40.1 Å². The van der Waals surface area contributed by atoms with Gasteiger partial charge >= 0.3 is 0 Å². The topological polar surface area (TPSA) is 38.2 Å². The van der Waals surface area contributed by atoms with Crippen molar-refractivity contribution < 1.29 is 4.74 Å². The first-order valence-electron chi connectivity index (χ1n) is 5.76. The van der Waals surface area contributed by atoms with Crippen LogP contribution in [-0.2, 0) is 13.1 Å². The third kappa shape index (κ3) is 3.51. The van der Waals surface area contributed by atoms with Gasteiger partial charge in [-0.3, -0.25) is 9.88 Å². The molecule has 0 radical (unpaired) electrons. The summed E-state index contributed by atoms with van der Waals surface area (Å²) < 4.78 is 5.19. The Bertz CT molecular complexity index is 512. The van der Waals surface area contributed by atoms with E-state index in [0.29, 0.717) is 0 Å². The first-order chi connectivity index (χ1) is 8.67. The summed E-state index contributed by atoms with van der Waals surface area (Å²) in [5.74, 6) is 0.846. The second kappa shape index (κ2) is 5.93. The third-order valence-corrected chi connectivity index (χ3v) is 3.48. The van der Waals surface area contributed by atoms with E-state index in [0.717, 1.165) is 35.2 Å². The average molecular weight is 263 g/mol.